The Balaban J connectivity index is 1.79. The predicted molar refractivity (Wildman–Crippen MR) is 88.5 cm³/mol. The molecule has 0 aromatic carbocycles. The van der Waals surface area contributed by atoms with Crippen molar-refractivity contribution in [2.75, 3.05) is 13.2 Å². The number of aliphatic imine (C=N–C) groups is 1. The van der Waals surface area contributed by atoms with Gasteiger partial charge in [0, 0.05) is 23.3 Å². The van der Waals surface area contributed by atoms with Gasteiger partial charge in [0.25, 0.3) is 0 Å². The first-order valence-corrected chi connectivity index (χ1v) is 8.69. The number of nitrogens with one attached hydrogen (secondary N) is 1. The highest BCUT2D eigenvalue weighted by molar-refractivity contribution is 8.14. The normalized spacial score (nSPS) is 32.7. The van der Waals surface area contributed by atoms with Crippen LogP contribution in [0.2, 0.25) is 0 Å². The molecule has 1 N–H and O–H groups in total. The predicted octanol–water partition coefficient (Wildman–Crippen LogP) is 3.69. The molecule has 0 saturated heterocycles. The second kappa shape index (κ2) is 5.88. The minimum atomic E-state index is 0.210. The summed E-state index contributed by atoms with van der Waals surface area (Å²) in [4.78, 5) is 4.69. The van der Waals surface area contributed by atoms with Crippen LogP contribution in [0, 0.1) is 10.8 Å². The van der Waals surface area contributed by atoms with E-state index in [2.05, 4.69) is 51.9 Å². The van der Waals surface area contributed by atoms with Crippen LogP contribution in [-0.4, -0.2) is 35.7 Å². The van der Waals surface area contributed by atoms with Crippen LogP contribution >= 0.6 is 11.8 Å². The summed E-state index contributed by atoms with van der Waals surface area (Å²) in [7, 11) is 0. The lowest BCUT2D eigenvalue weighted by Gasteiger charge is -2.51. The van der Waals surface area contributed by atoms with E-state index >= 15 is 0 Å². The first-order valence-electron chi connectivity index (χ1n) is 7.81. The Labute approximate surface area is 128 Å². The van der Waals surface area contributed by atoms with E-state index in [-0.39, 0.29) is 5.41 Å². The Morgan fingerprint density at radius 3 is 2.65 bits per heavy atom. The lowest BCUT2D eigenvalue weighted by atomic mass is 9.64. The highest BCUT2D eigenvalue weighted by Gasteiger charge is 2.49. The second-order valence-electron chi connectivity index (χ2n) is 7.85. The zero-order valence-corrected chi connectivity index (χ0v) is 14.6. The molecule has 1 heterocycles. The molecule has 0 aromatic heterocycles. The Kier molecular flexibility index (Phi) is 4.75. The molecule has 0 spiro atoms. The van der Waals surface area contributed by atoms with Crippen molar-refractivity contribution in [3.63, 3.8) is 0 Å². The fraction of sp³-hybridized carbons (Fsp3) is 0.938. The maximum atomic E-state index is 5.79. The number of hydrogen-bond acceptors (Lipinski definition) is 4. The summed E-state index contributed by atoms with van der Waals surface area (Å²) < 4.78 is 5.79. The van der Waals surface area contributed by atoms with Gasteiger partial charge in [-0.05, 0) is 25.2 Å². The highest BCUT2D eigenvalue weighted by atomic mass is 32.2. The van der Waals surface area contributed by atoms with E-state index in [0.29, 0.717) is 22.8 Å². The quantitative estimate of drug-likeness (QED) is 0.859. The second-order valence-corrected chi connectivity index (χ2v) is 9.14. The van der Waals surface area contributed by atoms with Crippen LogP contribution in [0.25, 0.3) is 0 Å². The minimum Gasteiger partial charge on any atom is -0.378 e. The summed E-state index contributed by atoms with van der Waals surface area (Å²) in [5.41, 5.74) is 0.597. The van der Waals surface area contributed by atoms with E-state index in [1.807, 2.05) is 11.8 Å². The molecule has 20 heavy (non-hydrogen) atoms. The fourth-order valence-electron chi connectivity index (χ4n) is 3.05. The van der Waals surface area contributed by atoms with Crippen molar-refractivity contribution >= 4 is 16.9 Å². The smallest absolute Gasteiger partial charge is 0.157 e. The van der Waals surface area contributed by atoms with Crippen molar-refractivity contribution in [2.45, 2.75) is 71.8 Å². The molecule has 3 nitrogen and oxygen atoms in total. The molecule has 116 valence electrons. The highest BCUT2D eigenvalue weighted by Crippen LogP contribution is 2.43. The molecule has 2 rings (SSSR count). The third kappa shape index (κ3) is 3.70. The van der Waals surface area contributed by atoms with Gasteiger partial charge < -0.3 is 10.1 Å². The van der Waals surface area contributed by atoms with Crippen molar-refractivity contribution in [2.24, 2.45) is 15.8 Å². The molecule has 1 fully saturated rings. The van der Waals surface area contributed by atoms with E-state index < -0.39 is 0 Å². The van der Waals surface area contributed by atoms with Crippen LogP contribution in [-0.2, 0) is 4.74 Å². The van der Waals surface area contributed by atoms with Crippen molar-refractivity contribution in [1.29, 1.82) is 0 Å². The van der Waals surface area contributed by atoms with E-state index in [9.17, 15) is 0 Å². The zero-order valence-electron chi connectivity index (χ0n) is 13.8. The third-order valence-corrected chi connectivity index (χ3v) is 5.52. The summed E-state index contributed by atoms with van der Waals surface area (Å²) in [5, 5.41) is 5.43. The number of thioether (sulfide) groups is 1. The molecule has 1 aliphatic carbocycles. The van der Waals surface area contributed by atoms with Crippen molar-refractivity contribution in [3.8, 4) is 0 Å². The summed E-state index contributed by atoms with van der Waals surface area (Å²) in [5.74, 6) is 0. The number of rotatable bonds is 4. The molecule has 0 aromatic rings. The Hall–Kier alpha value is -0.220. The van der Waals surface area contributed by atoms with Crippen LogP contribution in [0.1, 0.15) is 54.4 Å². The van der Waals surface area contributed by atoms with Gasteiger partial charge in [-0.1, -0.05) is 46.4 Å². The van der Waals surface area contributed by atoms with E-state index in [1.165, 1.54) is 6.42 Å². The van der Waals surface area contributed by atoms with E-state index in [1.54, 1.807) is 0 Å². The molecule has 1 aliphatic heterocycles. The molecule has 0 radical (unpaired) electrons. The number of nitrogens with zero attached hydrogens (tertiary/aromatic N) is 1. The maximum absolute atomic E-state index is 5.79. The molecule has 0 bridgehead atoms. The number of hydrogen-bond donors (Lipinski definition) is 1. The first kappa shape index (κ1) is 16.2. The van der Waals surface area contributed by atoms with Gasteiger partial charge in [0.15, 0.2) is 5.17 Å². The molecule has 4 heteroatoms. The van der Waals surface area contributed by atoms with E-state index in [0.717, 1.165) is 24.7 Å². The van der Waals surface area contributed by atoms with Gasteiger partial charge in [-0.25, -0.2) is 0 Å². The number of ether oxygens (including phenoxy) is 1. The molecule has 3 unspecified atom stereocenters. The third-order valence-electron chi connectivity index (χ3n) is 4.40. The fourth-order valence-corrected chi connectivity index (χ4v) is 4.46. The van der Waals surface area contributed by atoms with Crippen LogP contribution in [0.5, 0.6) is 0 Å². The van der Waals surface area contributed by atoms with Gasteiger partial charge >= 0.3 is 0 Å². The zero-order chi connectivity index (χ0) is 15.0. The average molecular weight is 298 g/mol. The van der Waals surface area contributed by atoms with Crippen LogP contribution in [0.3, 0.4) is 0 Å². The average Bonchev–Trinajstić information content (AvgIpc) is 2.73. The van der Waals surface area contributed by atoms with Gasteiger partial charge in [-0.15, -0.1) is 0 Å². The monoisotopic (exact) mass is 298 g/mol. The van der Waals surface area contributed by atoms with Gasteiger partial charge in [-0.3, -0.25) is 4.99 Å². The molecule has 3 atom stereocenters. The lowest BCUT2D eigenvalue weighted by molar-refractivity contribution is -0.109. The first-order chi connectivity index (χ1) is 9.22. The maximum Gasteiger partial charge on any atom is 0.157 e. The van der Waals surface area contributed by atoms with Crippen molar-refractivity contribution < 1.29 is 4.74 Å². The van der Waals surface area contributed by atoms with Crippen LogP contribution < -0.4 is 5.32 Å². The summed E-state index contributed by atoms with van der Waals surface area (Å²) in [6.45, 7) is 15.4. The summed E-state index contributed by atoms with van der Waals surface area (Å²) >= 11 is 1.93. The van der Waals surface area contributed by atoms with E-state index in [4.69, 9.17) is 4.74 Å². The van der Waals surface area contributed by atoms with Crippen molar-refractivity contribution in [1.82, 2.24) is 5.32 Å². The molecule has 0 amide bonds. The van der Waals surface area contributed by atoms with Gasteiger partial charge in [-0.2, -0.15) is 0 Å². The number of amidine groups is 1. The summed E-state index contributed by atoms with van der Waals surface area (Å²) in [6.07, 6.45) is 2.72. The summed E-state index contributed by atoms with van der Waals surface area (Å²) in [6, 6.07) is 0.499. The lowest BCUT2D eigenvalue weighted by Crippen LogP contribution is -2.61. The van der Waals surface area contributed by atoms with Gasteiger partial charge in [0.2, 0.25) is 0 Å². The Bertz CT molecular complexity index is 373. The minimum absolute atomic E-state index is 0.210. The molecular weight excluding hydrogens is 268 g/mol. The molecular formula is C16H30N2OS. The van der Waals surface area contributed by atoms with Gasteiger partial charge in [0.05, 0.1) is 12.6 Å². The standard InChI is InChI=1S/C16H30N2OS/c1-7-19-13-8-12(16(13,5)6)18-14-17-10-11(20-14)9-15(2,3)4/h11-13H,7-10H2,1-6H3,(H,17,18). The van der Waals surface area contributed by atoms with Crippen molar-refractivity contribution in [3.05, 3.63) is 0 Å². The van der Waals surface area contributed by atoms with Crippen LogP contribution in [0.15, 0.2) is 4.99 Å². The van der Waals surface area contributed by atoms with Crippen LogP contribution in [0.4, 0.5) is 0 Å². The largest absolute Gasteiger partial charge is 0.378 e. The Morgan fingerprint density at radius 1 is 1.40 bits per heavy atom. The Morgan fingerprint density at radius 2 is 2.10 bits per heavy atom. The van der Waals surface area contributed by atoms with Gasteiger partial charge in [0.1, 0.15) is 0 Å². The molecule has 2 aliphatic rings. The topological polar surface area (TPSA) is 33.6 Å². The molecule has 1 saturated carbocycles. The SMILES string of the molecule is CCOC1CC(NC2=NCC(CC(C)(C)C)S2)C1(C)C.